The molecule has 0 aliphatic heterocycles. The molecule has 0 fully saturated rings. The first kappa shape index (κ1) is 30.7. The van der Waals surface area contributed by atoms with Gasteiger partial charge in [0.1, 0.15) is 0 Å². The third-order valence-corrected chi connectivity index (χ3v) is 6.69. The van der Waals surface area contributed by atoms with Gasteiger partial charge in [-0.05, 0) is 38.5 Å². The molecule has 0 saturated heterocycles. The first-order valence-electron chi connectivity index (χ1n) is 14.6. The molecule has 1 atom stereocenters. The summed E-state index contributed by atoms with van der Waals surface area (Å²) in [6, 6.07) is 0. The van der Waals surface area contributed by atoms with Crippen LogP contribution in [0.25, 0.3) is 0 Å². The summed E-state index contributed by atoms with van der Waals surface area (Å²) in [4.78, 5) is 0. The van der Waals surface area contributed by atoms with Crippen molar-refractivity contribution in [2.45, 2.75) is 180 Å². The Morgan fingerprint density at radius 2 is 0.710 bits per heavy atom. The Balaban J connectivity index is 3.18. The van der Waals surface area contributed by atoms with Gasteiger partial charge in [0.05, 0.1) is 6.10 Å². The number of aliphatic hydroxyl groups is 1. The molecule has 0 spiro atoms. The Labute approximate surface area is 197 Å². The van der Waals surface area contributed by atoms with Crippen molar-refractivity contribution in [3.63, 3.8) is 0 Å². The van der Waals surface area contributed by atoms with Crippen LogP contribution in [0.5, 0.6) is 0 Å². The molecule has 0 saturated carbocycles. The minimum atomic E-state index is -0.0404. The molecule has 0 heterocycles. The van der Waals surface area contributed by atoms with E-state index in [1.165, 1.54) is 148 Å². The summed E-state index contributed by atoms with van der Waals surface area (Å²) in [5.74, 6) is 0. The van der Waals surface area contributed by atoms with Crippen LogP contribution >= 0.6 is 0 Å². The number of hydrogen-bond donors (Lipinski definition) is 1. The van der Waals surface area contributed by atoms with Crippen molar-refractivity contribution < 1.29 is 5.11 Å². The molecule has 1 heteroatoms. The van der Waals surface area contributed by atoms with Crippen molar-refractivity contribution in [3.05, 3.63) is 12.2 Å². The molecule has 0 radical (unpaired) electrons. The van der Waals surface area contributed by atoms with Crippen LogP contribution in [0.15, 0.2) is 12.2 Å². The first-order valence-corrected chi connectivity index (χ1v) is 14.6. The van der Waals surface area contributed by atoms with Crippen LogP contribution in [-0.2, 0) is 0 Å². The molecule has 0 aliphatic carbocycles. The maximum absolute atomic E-state index is 10.2. The first-order chi connectivity index (χ1) is 15.3. The lowest BCUT2D eigenvalue weighted by Crippen LogP contribution is -2.05. The summed E-state index contributed by atoms with van der Waals surface area (Å²) in [5, 5.41) is 10.2. The van der Waals surface area contributed by atoms with Crippen molar-refractivity contribution in [2.24, 2.45) is 0 Å². The maximum Gasteiger partial charge on any atom is 0.0540 e. The molecule has 0 aromatic heterocycles. The zero-order valence-corrected chi connectivity index (χ0v) is 21.9. The number of rotatable bonds is 26. The smallest absolute Gasteiger partial charge is 0.0540 e. The van der Waals surface area contributed by atoms with Gasteiger partial charge >= 0.3 is 0 Å². The largest absolute Gasteiger partial charge is 0.393 e. The van der Waals surface area contributed by atoms with Crippen LogP contribution in [0.1, 0.15) is 174 Å². The summed E-state index contributed by atoms with van der Waals surface area (Å²) < 4.78 is 0. The molecule has 186 valence electrons. The van der Waals surface area contributed by atoms with Crippen LogP contribution < -0.4 is 0 Å². The third-order valence-electron chi connectivity index (χ3n) is 6.69. The highest BCUT2D eigenvalue weighted by atomic mass is 16.3. The standard InChI is InChI=1S/C30H60O/c1-3-5-7-9-11-13-14-15-16-17-18-19-21-23-25-27-29-30(31)28-26-24-22-20-12-10-8-6-4-2/h15-16,30-31H,3-14,17-29H2,1-2H3/b16-15-. The van der Waals surface area contributed by atoms with Gasteiger partial charge in [-0.2, -0.15) is 0 Å². The zero-order valence-electron chi connectivity index (χ0n) is 21.9. The highest BCUT2D eigenvalue weighted by molar-refractivity contribution is 4.81. The topological polar surface area (TPSA) is 20.2 Å². The van der Waals surface area contributed by atoms with Gasteiger partial charge in [0.15, 0.2) is 0 Å². The van der Waals surface area contributed by atoms with Crippen LogP contribution in [0.2, 0.25) is 0 Å². The molecular formula is C30H60O. The van der Waals surface area contributed by atoms with E-state index in [9.17, 15) is 5.11 Å². The molecular weight excluding hydrogens is 376 g/mol. The van der Waals surface area contributed by atoms with E-state index in [0.717, 1.165) is 12.8 Å². The van der Waals surface area contributed by atoms with Gasteiger partial charge in [-0.25, -0.2) is 0 Å². The van der Waals surface area contributed by atoms with E-state index < -0.39 is 0 Å². The summed E-state index contributed by atoms with van der Waals surface area (Å²) in [6.07, 6.45) is 38.1. The second kappa shape index (κ2) is 27.7. The zero-order chi connectivity index (χ0) is 22.7. The van der Waals surface area contributed by atoms with Gasteiger partial charge in [-0.3, -0.25) is 0 Å². The molecule has 0 aromatic rings. The van der Waals surface area contributed by atoms with Gasteiger partial charge in [0.25, 0.3) is 0 Å². The number of hydrogen-bond acceptors (Lipinski definition) is 1. The van der Waals surface area contributed by atoms with Gasteiger partial charge in [-0.1, -0.05) is 148 Å². The minimum absolute atomic E-state index is 0.0404. The summed E-state index contributed by atoms with van der Waals surface area (Å²) >= 11 is 0. The fraction of sp³-hybridized carbons (Fsp3) is 0.933. The monoisotopic (exact) mass is 436 g/mol. The van der Waals surface area contributed by atoms with E-state index in [1.54, 1.807) is 0 Å². The molecule has 1 N–H and O–H groups in total. The van der Waals surface area contributed by atoms with Crippen molar-refractivity contribution in [1.29, 1.82) is 0 Å². The van der Waals surface area contributed by atoms with E-state index in [2.05, 4.69) is 26.0 Å². The van der Waals surface area contributed by atoms with E-state index in [-0.39, 0.29) is 6.10 Å². The number of aliphatic hydroxyl groups excluding tert-OH is 1. The van der Waals surface area contributed by atoms with Crippen molar-refractivity contribution in [3.8, 4) is 0 Å². The van der Waals surface area contributed by atoms with Gasteiger partial charge in [-0.15, -0.1) is 0 Å². The second-order valence-corrected chi connectivity index (χ2v) is 10.00. The highest BCUT2D eigenvalue weighted by Gasteiger charge is 2.03. The molecule has 1 nitrogen and oxygen atoms in total. The SMILES string of the molecule is CCCCCCCC/C=C\CCCCCCCCC(O)CCCCCCCCCCC. The number of allylic oxidation sites excluding steroid dienone is 2. The Kier molecular flexibility index (Phi) is 27.5. The Bertz CT molecular complexity index is 335. The normalized spacial score (nSPS) is 12.7. The van der Waals surface area contributed by atoms with Crippen LogP contribution in [-0.4, -0.2) is 11.2 Å². The van der Waals surface area contributed by atoms with E-state index in [4.69, 9.17) is 0 Å². The average molecular weight is 437 g/mol. The van der Waals surface area contributed by atoms with E-state index in [1.807, 2.05) is 0 Å². The summed E-state index contributed by atoms with van der Waals surface area (Å²) in [7, 11) is 0. The summed E-state index contributed by atoms with van der Waals surface area (Å²) in [5.41, 5.74) is 0. The van der Waals surface area contributed by atoms with Crippen LogP contribution in [0.3, 0.4) is 0 Å². The fourth-order valence-electron chi connectivity index (χ4n) is 4.46. The Morgan fingerprint density at radius 1 is 0.419 bits per heavy atom. The van der Waals surface area contributed by atoms with Crippen LogP contribution in [0.4, 0.5) is 0 Å². The van der Waals surface area contributed by atoms with Gasteiger partial charge in [0.2, 0.25) is 0 Å². The molecule has 0 aromatic carbocycles. The maximum atomic E-state index is 10.2. The molecule has 31 heavy (non-hydrogen) atoms. The second-order valence-electron chi connectivity index (χ2n) is 10.00. The predicted molar refractivity (Wildman–Crippen MR) is 142 cm³/mol. The highest BCUT2D eigenvalue weighted by Crippen LogP contribution is 2.15. The molecule has 0 amide bonds. The lowest BCUT2D eigenvalue weighted by molar-refractivity contribution is 0.147. The van der Waals surface area contributed by atoms with Crippen molar-refractivity contribution in [2.75, 3.05) is 0 Å². The lowest BCUT2D eigenvalue weighted by Gasteiger charge is -2.10. The van der Waals surface area contributed by atoms with E-state index in [0.29, 0.717) is 0 Å². The molecule has 1 unspecified atom stereocenters. The van der Waals surface area contributed by atoms with Gasteiger partial charge < -0.3 is 5.11 Å². The Hall–Kier alpha value is -0.300. The third kappa shape index (κ3) is 27.7. The predicted octanol–water partition coefficient (Wildman–Crippen LogP) is 10.7. The average Bonchev–Trinajstić information content (AvgIpc) is 2.77. The molecule has 0 bridgehead atoms. The quantitative estimate of drug-likeness (QED) is 0.106. The van der Waals surface area contributed by atoms with Gasteiger partial charge in [0, 0.05) is 0 Å². The van der Waals surface area contributed by atoms with E-state index >= 15 is 0 Å². The summed E-state index contributed by atoms with van der Waals surface area (Å²) in [6.45, 7) is 4.57. The lowest BCUT2D eigenvalue weighted by atomic mass is 10.0. The molecule has 0 rings (SSSR count). The minimum Gasteiger partial charge on any atom is -0.393 e. The van der Waals surface area contributed by atoms with Crippen molar-refractivity contribution >= 4 is 0 Å². The Morgan fingerprint density at radius 3 is 1.06 bits per heavy atom. The molecule has 0 aliphatic rings. The number of unbranched alkanes of at least 4 members (excludes halogenated alkanes) is 20. The van der Waals surface area contributed by atoms with Crippen molar-refractivity contribution in [1.82, 2.24) is 0 Å². The fourth-order valence-corrected chi connectivity index (χ4v) is 4.46. The van der Waals surface area contributed by atoms with Crippen LogP contribution in [0, 0.1) is 0 Å².